The molecule has 0 atom stereocenters. The first-order valence-corrected chi connectivity index (χ1v) is 6.42. The zero-order chi connectivity index (χ0) is 12.5. The number of fused-ring (bicyclic) bond motifs is 1. The Morgan fingerprint density at radius 3 is 3.22 bits per heavy atom. The highest BCUT2D eigenvalue weighted by atomic mass is 79.9. The van der Waals surface area contributed by atoms with E-state index in [0.29, 0.717) is 12.4 Å². The Morgan fingerprint density at radius 2 is 2.39 bits per heavy atom. The second-order valence-corrected chi connectivity index (χ2v) is 5.06. The zero-order valence-electron chi connectivity index (χ0n) is 9.56. The van der Waals surface area contributed by atoms with Gasteiger partial charge in [-0.05, 0) is 17.7 Å². The first-order chi connectivity index (χ1) is 8.78. The van der Waals surface area contributed by atoms with Gasteiger partial charge in [-0.15, -0.1) is 0 Å². The van der Waals surface area contributed by atoms with Gasteiger partial charge in [0.05, 0.1) is 13.2 Å². The minimum atomic E-state index is 0.418. The van der Waals surface area contributed by atoms with Gasteiger partial charge in [0, 0.05) is 28.9 Å². The lowest BCUT2D eigenvalue weighted by atomic mass is 10.1. The maximum atomic E-state index is 8.96. The largest absolute Gasteiger partial charge is 0.493 e. The van der Waals surface area contributed by atoms with E-state index in [1.165, 1.54) is 5.56 Å². The quantitative estimate of drug-likeness (QED) is 0.856. The predicted octanol–water partition coefficient (Wildman–Crippen LogP) is 2.50. The Labute approximate surface area is 113 Å². The molecule has 0 bridgehead atoms. The number of rotatable bonds is 2. The number of ether oxygens (including phenoxy) is 1. The van der Waals surface area contributed by atoms with Gasteiger partial charge in [-0.25, -0.2) is 4.98 Å². The average Bonchev–Trinajstić information content (AvgIpc) is 2.96. The van der Waals surface area contributed by atoms with Gasteiger partial charge in [-0.2, -0.15) is 5.26 Å². The molecule has 18 heavy (non-hydrogen) atoms. The summed E-state index contributed by atoms with van der Waals surface area (Å²) in [5.41, 5.74) is 2.30. The minimum absolute atomic E-state index is 0.418. The Morgan fingerprint density at radius 1 is 1.50 bits per heavy atom. The monoisotopic (exact) mass is 303 g/mol. The van der Waals surface area contributed by atoms with Crippen LogP contribution in [0.4, 0.5) is 0 Å². The lowest BCUT2D eigenvalue weighted by molar-refractivity contribution is 0.352. The van der Waals surface area contributed by atoms with Gasteiger partial charge in [0.25, 0.3) is 0 Å². The van der Waals surface area contributed by atoms with Crippen LogP contribution in [0.5, 0.6) is 5.75 Å². The first-order valence-electron chi connectivity index (χ1n) is 5.63. The summed E-state index contributed by atoms with van der Waals surface area (Å²) in [6.07, 6.45) is 4.38. The van der Waals surface area contributed by atoms with Crippen LogP contribution < -0.4 is 4.74 Å². The number of benzene rings is 1. The molecule has 0 N–H and O–H groups in total. The molecule has 90 valence electrons. The summed E-state index contributed by atoms with van der Waals surface area (Å²) in [5, 5.41) is 8.96. The summed E-state index contributed by atoms with van der Waals surface area (Å²) < 4.78 is 8.53. The van der Waals surface area contributed by atoms with Gasteiger partial charge < -0.3 is 9.30 Å². The molecule has 0 saturated heterocycles. The molecule has 0 unspecified atom stereocenters. The SMILES string of the molecule is N#Cc1nccn1Cc1cc(Br)cc2c1OCC2. The zero-order valence-corrected chi connectivity index (χ0v) is 11.1. The van der Waals surface area contributed by atoms with Crippen molar-refractivity contribution >= 4 is 15.9 Å². The summed E-state index contributed by atoms with van der Waals surface area (Å²) in [5.74, 6) is 1.37. The number of halogens is 1. The molecule has 1 aliphatic heterocycles. The number of hydrogen-bond donors (Lipinski definition) is 0. The molecule has 2 heterocycles. The van der Waals surface area contributed by atoms with Crippen LogP contribution in [0.15, 0.2) is 29.0 Å². The standard InChI is InChI=1S/C13H10BrN3O/c14-11-5-9-1-4-18-13(9)10(6-11)8-17-3-2-16-12(17)7-15/h2-3,5-6H,1,4,8H2. The number of nitrogens with zero attached hydrogens (tertiary/aromatic N) is 3. The second-order valence-electron chi connectivity index (χ2n) is 4.14. The number of imidazole rings is 1. The number of hydrogen-bond acceptors (Lipinski definition) is 3. The second kappa shape index (κ2) is 4.46. The molecule has 0 saturated carbocycles. The summed E-state index contributed by atoms with van der Waals surface area (Å²) in [4.78, 5) is 4.00. The van der Waals surface area contributed by atoms with Crippen LogP contribution in [0.3, 0.4) is 0 Å². The highest BCUT2D eigenvalue weighted by Gasteiger charge is 2.18. The summed E-state index contributed by atoms with van der Waals surface area (Å²) in [6.45, 7) is 1.33. The molecular weight excluding hydrogens is 294 g/mol. The van der Waals surface area contributed by atoms with E-state index >= 15 is 0 Å². The summed E-state index contributed by atoms with van der Waals surface area (Å²) >= 11 is 3.51. The highest BCUT2D eigenvalue weighted by Crippen LogP contribution is 2.33. The van der Waals surface area contributed by atoms with E-state index in [1.54, 1.807) is 12.4 Å². The molecule has 3 rings (SSSR count). The highest BCUT2D eigenvalue weighted by molar-refractivity contribution is 9.10. The Kier molecular flexibility index (Phi) is 2.80. The Balaban J connectivity index is 2.01. The van der Waals surface area contributed by atoms with Crippen LogP contribution in [0.1, 0.15) is 17.0 Å². The van der Waals surface area contributed by atoms with Crippen molar-refractivity contribution in [2.24, 2.45) is 0 Å². The van der Waals surface area contributed by atoms with Gasteiger partial charge in [0.15, 0.2) is 0 Å². The Bertz CT molecular complexity index is 642. The normalized spacial score (nSPS) is 12.9. The maximum Gasteiger partial charge on any atom is 0.213 e. The molecule has 0 radical (unpaired) electrons. The van der Waals surface area contributed by atoms with Crippen molar-refractivity contribution in [2.75, 3.05) is 6.61 Å². The summed E-state index contributed by atoms with van der Waals surface area (Å²) in [7, 11) is 0. The number of nitriles is 1. The van der Waals surface area contributed by atoms with E-state index in [9.17, 15) is 0 Å². The molecular formula is C13H10BrN3O. The van der Waals surface area contributed by atoms with E-state index in [2.05, 4.69) is 33.0 Å². The van der Waals surface area contributed by atoms with Gasteiger partial charge >= 0.3 is 0 Å². The predicted molar refractivity (Wildman–Crippen MR) is 69.4 cm³/mol. The molecule has 5 heteroatoms. The fraction of sp³-hybridized carbons (Fsp3) is 0.231. The van der Waals surface area contributed by atoms with Crippen molar-refractivity contribution in [1.82, 2.24) is 9.55 Å². The fourth-order valence-electron chi connectivity index (χ4n) is 2.20. The smallest absolute Gasteiger partial charge is 0.213 e. The van der Waals surface area contributed by atoms with Crippen LogP contribution in [0.25, 0.3) is 0 Å². The van der Waals surface area contributed by atoms with E-state index in [1.807, 2.05) is 10.6 Å². The van der Waals surface area contributed by atoms with Crippen LogP contribution in [-0.2, 0) is 13.0 Å². The minimum Gasteiger partial charge on any atom is -0.493 e. The van der Waals surface area contributed by atoms with Crippen molar-refractivity contribution in [3.8, 4) is 11.8 Å². The molecule has 2 aromatic rings. The third kappa shape index (κ3) is 1.89. The van der Waals surface area contributed by atoms with Crippen molar-refractivity contribution in [3.05, 3.63) is 46.0 Å². The lowest BCUT2D eigenvalue weighted by Gasteiger charge is -2.10. The molecule has 0 aliphatic carbocycles. The molecule has 0 spiro atoms. The van der Waals surface area contributed by atoms with E-state index in [4.69, 9.17) is 10.00 Å². The fourth-order valence-corrected chi connectivity index (χ4v) is 2.75. The van der Waals surface area contributed by atoms with Crippen molar-refractivity contribution in [2.45, 2.75) is 13.0 Å². The van der Waals surface area contributed by atoms with Crippen molar-refractivity contribution in [1.29, 1.82) is 5.26 Å². The third-order valence-electron chi connectivity index (χ3n) is 2.98. The average molecular weight is 304 g/mol. The van der Waals surface area contributed by atoms with Gasteiger partial charge in [0.1, 0.15) is 11.8 Å². The van der Waals surface area contributed by atoms with E-state index in [-0.39, 0.29) is 0 Å². The van der Waals surface area contributed by atoms with Crippen LogP contribution in [-0.4, -0.2) is 16.2 Å². The molecule has 1 aromatic heterocycles. The Hall–Kier alpha value is -1.80. The van der Waals surface area contributed by atoms with Crippen LogP contribution >= 0.6 is 15.9 Å². The van der Waals surface area contributed by atoms with Gasteiger partial charge in [-0.3, -0.25) is 0 Å². The summed E-state index contributed by atoms with van der Waals surface area (Å²) in [6, 6.07) is 6.20. The molecule has 1 aliphatic rings. The van der Waals surface area contributed by atoms with E-state index in [0.717, 1.165) is 28.8 Å². The van der Waals surface area contributed by atoms with Crippen molar-refractivity contribution in [3.63, 3.8) is 0 Å². The van der Waals surface area contributed by atoms with Crippen LogP contribution in [0.2, 0.25) is 0 Å². The van der Waals surface area contributed by atoms with Crippen LogP contribution in [0, 0.1) is 11.3 Å². The van der Waals surface area contributed by atoms with Gasteiger partial charge in [-0.1, -0.05) is 15.9 Å². The van der Waals surface area contributed by atoms with E-state index < -0.39 is 0 Å². The maximum absolute atomic E-state index is 8.96. The van der Waals surface area contributed by atoms with Crippen molar-refractivity contribution < 1.29 is 4.74 Å². The number of aromatic nitrogens is 2. The third-order valence-corrected chi connectivity index (χ3v) is 3.44. The first kappa shape index (κ1) is 11.3. The molecule has 4 nitrogen and oxygen atoms in total. The topological polar surface area (TPSA) is 50.8 Å². The molecule has 0 fully saturated rings. The van der Waals surface area contributed by atoms with Gasteiger partial charge in [0.2, 0.25) is 5.82 Å². The molecule has 1 aromatic carbocycles. The molecule has 0 amide bonds. The lowest BCUT2D eigenvalue weighted by Crippen LogP contribution is -2.03.